The summed E-state index contributed by atoms with van der Waals surface area (Å²) in [5.74, 6) is 5.59. The Morgan fingerprint density at radius 2 is 2.11 bits per heavy atom. The lowest BCUT2D eigenvalue weighted by Crippen LogP contribution is -2.40. The van der Waals surface area contributed by atoms with Gasteiger partial charge in [-0.25, -0.2) is 0 Å². The minimum atomic E-state index is 0.149. The van der Waals surface area contributed by atoms with E-state index in [4.69, 9.17) is 15.3 Å². The summed E-state index contributed by atoms with van der Waals surface area (Å²) in [6, 6.07) is 6.94. The zero-order valence-electron chi connectivity index (χ0n) is 11.7. The highest BCUT2D eigenvalue weighted by atomic mass is 16.5. The maximum absolute atomic E-state index is 5.59. The Labute approximate surface area is 115 Å². The van der Waals surface area contributed by atoms with E-state index in [9.17, 15) is 0 Å². The number of nitrogens with two attached hydrogens (primary N) is 1. The van der Waals surface area contributed by atoms with Crippen molar-refractivity contribution in [3.63, 3.8) is 0 Å². The monoisotopic (exact) mass is 264 g/mol. The third-order valence-electron chi connectivity index (χ3n) is 3.63. The second-order valence-electron chi connectivity index (χ2n) is 5.09. The maximum Gasteiger partial charge on any atom is 0.0701 e. The summed E-state index contributed by atoms with van der Waals surface area (Å²) in [6.07, 6.45) is 4.64. The zero-order chi connectivity index (χ0) is 13.5. The van der Waals surface area contributed by atoms with Gasteiger partial charge in [0, 0.05) is 13.2 Å². The number of aryl methyl sites for hydroxylation is 2. The molecule has 0 amide bonds. The fourth-order valence-corrected chi connectivity index (χ4v) is 2.57. The van der Waals surface area contributed by atoms with Crippen LogP contribution in [0, 0.1) is 0 Å². The van der Waals surface area contributed by atoms with Gasteiger partial charge in [0.2, 0.25) is 0 Å². The molecule has 1 atom stereocenters. The van der Waals surface area contributed by atoms with Gasteiger partial charge in [-0.15, -0.1) is 0 Å². The first-order valence-corrected chi connectivity index (χ1v) is 6.97. The van der Waals surface area contributed by atoms with E-state index >= 15 is 0 Å². The van der Waals surface area contributed by atoms with Crippen LogP contribution in [0.3, 0.4) is 0 Å². The van der Waals surface area contributed by atoms with Gasteiger partial charge < -0.3 is 9.47 Å². The smallest absolute Gasteiger partial charge is 0.0701 e. The van der Waals surface area contributed by atoms with Gasteiger partial charge in [-0.3, -0.25) is 11.3 Å². The quantitative estimate of drug-likeness (QED) is 0.421. The molecule has 1 aromatic carbocycles. The molecule has 4 heteroatoms. The van der Waals surface area contributed by atoms with E-state index in [1.165, 1.54) is 36.0 Å². The zero-order valence-corrected chi connectivity index (χ0v) is 11.7. The molecule has 2 rings (SSSR count). The van der Waals surface area contributed by atoms with Gasteiger partial charge in [-0.05, 0) is 42.4 Å². The normalized spacial score (nSPS) is 15.5. The third-order valence-corrected chi connectivity index (χ3v) is 3.63. The van der Waals surface area contributed by atoms with Crippen molar-refractivity contribution in [1.29, 1.82) is 0 Å². The van der Waals surface area contributed by atoms with E-state index in [2.05, 4.69) is 23.6 Å². The molecular weight excluding hydrogens is 240 g/mol. The number of hydrogen-bond donors (Lipinski definition) is 2. The molecule has 4 nitrogen and oxygen atoms in total. The molecule has 0 aromatic heterocycles. The third kappa shape index (κ3) is 4.28. The molecule has 0 bridgehead atoms. The van der Waals surface area contributed by atoms with Crippen LogP contribution in [-0.4, -0.2) is 33.0 Å². The standard InChI is InChI=1S/C15H24N2O2/c1-18-7-8-19-11-15(17-16)10-12-5-6-13-3-2-4-14(13)9-12/h5-6,9,15,17H,2-4,7-8,10-11,16H2,1H3. The number of rotatable bonds is 8. The Hall–Kier alpha value is -0.940. The molecular formula is C15H24N2O2. The van der Waals surface area contributed by atoms with E-state index in [0.29, 0.717) is 19.8 Å². The number of methoxy groups -OCH3 is 1. The van der Waals surface area contributed by atoms with Crippen molar-refractivity contribution in [2.75, 3.05) is 26.9 Å². The average Bonchev–Trinajstić information content (AvgIpc) is 2.89. The summed E-state index contributed by atoms with van der Waals surface area (Å²) in [5.41, 5.74) is 7.18. The van der Waals surface area contributed by atoms with E-state index < -0.39 is 0 Å². The molecule has 0 heterocycles. The number of ether oxygens (including phenoxy) is 2. The summed E-state index contributed by atoms with van der Waals surface area (Å²) < 4.78 is 10.5. The van der Waals surface area contributed by atoms with Gasteiger partial charge in [-0.1, -0.05) is 18.2 Å². The summed E-state index contributed by atoms with van der Waals surface area (Å²) in [6.45, 7) is 1.84. The predicted molar refractivity (Wildman–Crippen MR) is 76.0 cm³/mol. The van der Waals surface area contributed by atoms with Gasteiger partial charge in [0.1, 0.15) is 0 Å². The second kappa shape index (κ2) is 7.60. The van der Waals surface area contributed by atoms with Crippen molar-refractivity contribution < 1.29 is 9.47 Å². The summed E-state index contributed by atoms with van der Waals surface area (Å²) >= 11 is 0. The number of benzene rings is 1. The fraction of sp³-hybridized carbons (Fsp3) is 0.600. The second-order valence-corrected chi connectivity index (χ2v) is 5.09. The van der Waals surface area contributed by atoms with Gasteiger partial charge >= 0.3 is 0 Å². The van der Waals surface area contributed by atoms with Crippen LogP contribution in [0.4, 0.5) is 0 Å². The van der Waals surface area contributed by atoms with Gasteiger partial charge in [0.25, 0.3) is 0 Å². The van der Waals surface area contributed by atoms with E-state index in [1.807, 2.05) is 0 Å². The molecule has 1 aromatic rings. The van der Waals surface area contributed by atoms with Crippen LogP contribution < -0.4 is 11.3 Å². The minimum Gasteiger partial charge on any atom is -0.382 e. The first-order valence-electron chi connectivity index (χ1n) is 6.97. The van der Waals surface area contributed by atoms with Crippen LogP contribution in [-0.2, 0) is 28.7 Å². The fourth-order valence-electron chi connectivity index (χ4n) is 2.57. The van der Waals surface area contributed by atoms with Crippen molar-refractivity contribution in [2.24, 2.45) is 5.84 Å². The molecule has 0 fully saturated rings. The molecule has 1 unspecified atom stereocenters. The Kier molecular flexibility index (Phi) is 5.79. The van der Waals surface area contributed by atoms with Crippen molar-refractivity contribution in [3.05, 3.63) is 34.9 Å². The van der Waals surface area contributed by atoms with Crippen molar-refractivity contribution in [1.82, 2.24) is 5.43 Å². The van der Waals surface area contributed by atoms with Crippen LogP contribution >= 0.6 is 0 Å². The highest BCUT2D eigenvalue weighted by molar-refractivity contribution is 5.35. The van der Waals surface area contributed by atoms with Gasteiger partial charge in [0.15, 0.2) is 0 Å². The highest BCUT2D eigenvalue weighted by Gasteiger charge is 2.13. The Morgan fingerprint density at radius 1 is 1.26 bits per heavy atom. The highest BCUT2D eigenvalue weighted by Crippen LogP contribution is 2.23. The molecule has 3 N–H and O–H groups in total. The summed E-state index contributed by atoms with van der Waals surface area (Å²) in [7, 11) is 1.67. The van der Waals surface area contributed by atoms with Crippen molar-refractivity contribution in [2.45, 2.75) is 31.7 Å². The maximum atomic E-state index is 5.59. The predicted octanol–water partition coefficient (Wildman–Crippen LogP) is 1.21. The molecule has 1 aliphatic carbocycles. The molecule has 106 valence electrons. The molecule has 1 aliphatic rings. The lowest BCUT2D eigenvalue weighted by molar-refractivity contribution is 0.0587. The Morgan fingerprint density at radius 3 is 2.89 bits per heavy atom. The Bertz CT molecular complexity index is 396. The minimum absolute atomic E-state index is 0.149. The molecule has 0 saturated heterocycles. The van der Waals surface area contributed by atoms with E-state index in [1.54, 1.807) is 7.11 Å². The first kappa shape index (κ1) is 14.5. The number of nitrogens with one attached hydrogen (secondary N) is 1. The Balaban J connectivity index is 1.84. The molecule has 0 spiro atoms. The molecule has 19 heavy (non-hydrogen) atoms. The lowest BCUT2D eigenvalue weighted by Gasteiger charge is -2.16. The van der Waals surface area contributed by atoms with Crippen LogP contribution in [0.2, 0.25) is 0 Å². The number of hydrazine groups is 1. The van der Waals surface area contributed by atoms with Crippen LogP contribution in [0.25, 0.3) is 0 Å². The van der Waals surface area contributed by atoms with Gasteiger partial charge in [0.05, 0.1) is 19.8 Å². The molecule has 0 radical (unpaired) electrons. The van der Waals surface area contributed by atoms with Crippen LogP contribution in [0.5, 0.6) is 0 Å². The largest absolute Gasteiger partial charge is 0.382 e. The molecule has 0 saturated carbocycles. The van der Waals surface area contributed by atoms with Crippen LogP contribution in [0.15, 0.2) is 18.2 Å². The van der Waals surface area contributed by atoms with Crippen molar-refractivity contribution >= 4 is 0 Å². The van der Waals surface area contributed by atoms with E-state index in [-0.39, 0.29) is 6.04 Å². The van der Waals surface area contributed by atoms with Crippen molar-refractivity contribution in [3.8, 4) is 0 Å². The SMILES string of the molecule is COCCOCC(Cc1ccc2c(c1)CCC2)NN. The topological polar surface area (TPSA) is 56.5 Å². The number of hydrogen-bond acceptors (Lipinski definition) is 4. The first-order chi connectivity index (χ1) is 9.33. The number of fused-ring (bicyclic) bond motifs is 1. The summed E-state index contributed by atoms with van der Waals surface area (Å²) in [5, 5.41) is 0. The van der Waals surface area contributed by atoms with E-state index in [0.717, 1.165) is 6.42 Å². The lowest BCUT2D eigenvalue weighted by atomic mass is 10.0. The molecule has 0 aliphatic heterocycles. The van der Waals surface area contributed by atoms with Crippen LogP contribution in [0.1, 0.15) is 23.1 Å². The summed E-state index contributed by atoms with van der Waals surface area (Å²) in [4.78, 5) is 0. The average molecular weight is 264 g/mol. The van der Waals surface area contributed by atoms with Gasteiger partial charge in [-0.2, -0.15) is 0 Å².